The number of benzene rings is 4. The zero-order valence-corrected chi connectivity index (χ0v) is 26.8. The number of aromatic hydroxyl groups is 1. The second-order valence-electron chi connectivity index (χ2n) is 12.3. The first kappa shape index (κ1) is 33.9. The van der Waals surface area contributed by atoms with Gasteiger partial charge in [-0.05, 0) is 39.9 Å². The van der Waals surface area contributed by atoms with Crippen molar-refractivity contribution in [2.75, 3.05) is 0 Å². The first-order valence-electron chi connectivity index (χ1n) is 16.0. The molecule has 1 aliphatic heterocycles. The number of phenols is 1. The van der Waals surface area contributed by atoms with Gasteiger partial charge in [-0.15, -0.1) is 0 Å². The van der Waals surface area contributed by atoms with Crippen molar-refractivity contribution < 1.29 is 24.3 Å². The van der Waals surface area contributed by atoms with Gasteiger partial charge in [0, 0.05) is 31.7 Å². The predicted molar refractivity (Wildman–Crippen MR) is 182 cm³/mol. The number of phenolic OH excluding ortho intramolecular Hbond substituents is 1. The van der Waals surface area contributed by atoms with Gasteiger partial charge in [0.15, 0.2) is 0 Å². The van der Waals surface area contributed by atoms with E-state index in [2.05, 4.69) is 10.6 Å². The molecule has 248 valence electrons. The molecule has 7 N–H and O–H groups in total. The molecule has 0 saturated carbocycles. The van der Waals surface area contributed by atoms with Crippen LogP contribution in [0.5, 0.6) is 5.75 Å². The summed E-state index contributed by atoms with van der Waals surface area (Å²) in [5, 5.41) is 15.4. The van der Waals surface area contributed by atoms with Crippen LogP contribution >= 0.6 is 0 Å². The summed E-state index contributed by atoms with van der Waals surface area (Å²) >= 11 is 0. The first-order chi connectivity index (χ1) is 23.1. The predicted octanol–water partition coefficient (Wildman–Crippen LogP) is 2.72. The summed E-state index contributed by atoms with van der Waals surface area (Å²) in [5.41, 5.74) is 16.4. The van der Waals surface area contributed by atoms with E-state index >= 15 is 0 Å². The summed E-state index contributed by atoms with van der Waals surface area (Å²) in [6.45, 7) is 1.99. The number of hydrogen-bond donors (Lipinski definition) is 5. The van der Waals surface area contributed by atoms with Gasteiger partial charge < -0.3 is 32.1 Å². The van der Waals surface area contributed by atoms with Gasteiger partial charge in [0.2, 0.25) is 23.6 Å². The molecule has 0 radical (unpaired) electrons. The molecule has 0 fully saturated rings. The Labute approximate surface area is 280 Å². The van der Waals surface area contributed by atoms with Crippen LogP contribution in [-0.2, 0) is 45.0 Å². The molecule has 5 rings (SSSR count). The molecule has 10 nitrogen and oxygen atoms in total. The largest absolute Gasteiger partial charge is 0.508 e. The lowest BCUT2D eigenvalue weighted by atomic mass is 9.89. The monoisotopic (exact) mass is 647 g/mol. The van der Waals surface area contributed by atoms with E-state index in [0.29, 0.717) is 0 Å². The van der Waals surface area contributed by atoms with Gasteiger partial charge in [-0.25, -0.2) is 0 Å². The van der Waals surface area contributed by atoms with Gasteiger partial charge in [-0.3, -0.25) is 19.2 Å². The fraction of sp³-hybridized carbons (Fsp3) is 0.263. The van der Waals surface area contributed by atoms with E-state index in [1.54, 1.807) is 12.1 Å². The molecule has 1 heterocycles. The number of nitrogens with one attached hydrogen (secondary N) is 2. The summed E-state index contributed by atoms with van der Waals surface area (Å²) in [6.07, 6.45) is 0.558. The Kier molecular flexibility index (Phi) is 10.9. The van der Waals surface area contributed by atoms with E-state index in [4.69, 9.17) is 11.5 Å². The second-order valence-corrected chi connectivity index (χ2v) is 12.3. The second kappa shape index (κ2) is 15.4. The van der Waals surface area contributed by atoms with Gasteiger partial charge in [-0.2, -0.15) is 0 Å². The number of nitrogens with two attached hydrogens (primary N) is 2. The van der Waals surface area contributed by atoms with Crippen LogP contribution in [0.4, 0.5) is 0 Å². The highest BCUT2D eigenvalue weighted by Crippen LogP contribution is 2.28. The lowest BCUT2D eigenvalue weighted by Gasteiger charge is -2.39. The number of amides is 4. The van der Waals surface area contributed by atoms with Crippen LogP contribution < -0.4 is 22.1 Å². The highest BCUT2D eigenvalue weighted by molar-refractivity contribution is 5.95. The van der Waals surface area contributed by atoms with Crippen LogP contribution in [0.3, 0.4) is 0 Å². The molecule has 0 saturated heterocycles. The van der Waals surface area contributed by atoms with Gasteiger partial charge in [0.05, 0.1) is 6.04 Å². The minimum absolute atomic E-state index is 0.103. The van der Waals surface area contributed by atoms with Crippen molar-refractivity contribution in [2.45, 2.75) is 62.8 Å². The number of fused-ring (bicyclic) bond motifs is 1. The zero-order valence-electron chi connectivity index (χ0n) is 26.8. The maximum absolute atomic E-state index is 14.2. The third-order valence-electron chi connectivity index (χ3n) is 8.94. The smallest absolute Gasteiger partial charge is 0.243 e. The molecule has 1 aliphatic rings. The number of rotatable bonds is 12. The fourth-order valence-corrected chi connectivity index (χ4v) is 6.05. The van der Waals surface area contributed by atoms with Gasteiger partial charge in [-0.1, -0.05) is 104 Å². The fourth-order valence-electron chi connectivity index (χ4n) is 6.05. The molecular weight excluding hydrogens is 606 g/mol. The average Bonchev–Trinajstić information content (AvgIpc) is 3.10. The van der Waals surface area contributed by atoms with Crippen LogP contribution in [0.25, 0.3) is 0 Å². The molecule has 0 aliphatic carbocycles. The molecule has 48 heavy (non-hydrogen) atoms. The summed E-state index contributed by atoms with van der Waals surface area (Å²) in [5.74, 6) is -2.51. The maximum atomic E-state index is 14.2. The molecule has 3 unspecified atom stereocenters. The topological polar surface area (TPSA) is 168 Å². The Bertz CT molecular complexity index is 1730. The van der Waals surface area contributed by atoms with E-state index in [-0.39, 0.29) is 31.6 Å². The summed E-state index contributed by atoms with van der Waals surface area (Å²) in [4.78, 5) is 56.0. The average molecular weight is 648 g/mol. The number of nitrogens with zero attached hydrogens (tertiary/aromatic N) is 1. The van der Waals surface area contributed by atoms with E-state index in [1.165, 1.54) is 17.0 Å². The van der Waals surface area contributed by atoms with Crippen molar-refractivity contribution in [3.05, 3.63) is 137 Å². The van der Waals surface area contributed by atoms with E-state index < -0.39 is 53.7 Å². The third-order valence-corrected chi connectivity index (χ3v) is 8.94. The van der Waals surface area contributed by atoms with Crippen LogP contribution in [-0.4, -0.2) is 57.8 Å². The number of primary amides is 1. The highest BCUT2D eigenvalue weighted by atomic mass is 16.3. The molecule has 4 aromatic rings. The Balaban J connectivity index is 1.40. The molecule has 0 bridgehead atoms. The minimum Gasteiger partial charge on any atom is -0.508 e. The lowest BCUT2D eigenvalue weighted by molar-refractivity contribution is -0.144. The van der Waals surface area contributed by atoms with Crippen LogP contribution in [0.15, 0.2) is 109 Å². The van der Waals surface area contributed by atoms with Gasteiger partial charge in [0.25, 0.3) is 0 Å². The van der Waals surface area contributed by atoms with E-state index in [0.717, 1.165) is 27.8 Å². The summed E-state index contributed by atoms with van der Waals surface area (Å²) in [6, 6.07) is 28.5. The summed E-state index contributed by atoms with van der Waals surface area (Å²) < 4.78 is 0. The Morgan fingerprint density at radius 3 is 1.90 bits per heavy atom. The Morgan fingerprint density at radius 2 is 1.31 bits per heavy atom. The standard InChI is InChI=1S/C38H41N5O5/c1-24(27-16-18-30(44)19-17-27)34(39)38(48)43-23-29-15-9-8-14-28(29)22-33(43)37(47)42-32(21-26-12-6-3-7-13-26)36(46)41-31(35(40)45)20-25-10-4-2-5-11-25/h2-19,24,31-34,44H,20-23,39H2,1H3,(H2,40,45)(H,41,46)(H,42,47)/t24-,31?,32?,33?,34+/m1/s1. The van der Waals surface area contributed by atoms with Crippen LogP contribution in [0.1, 0.15) is 40.7 Å². The first-order valence-corrected chi connectivity index (χ1v) is 16.0. The van der Waals surface area contributed by atoms with Crippen molar-refractivity contribution >= 4 is 23.6 Å². The molecule has 5 atom stereocenters. The molecule has 0 spiro atoms. The maximum Gasteiger partial charge on any atom is 0.243 e. The van der Waals surface area contributed by atoms with Crippen molar-refractivity contribution in [3.8, 4) is 5.75 Å². The van der Waals surface area contributed by atoms with Crippen molar-refractivity contribution in [3.63, 3.8) is 0 Å². The van der Waals surface area contributed by atoms with Crippen molar-refractivity contribution in [1.82, 2.24) is 15.5 Å². The molecular formula is C38H41N5O5. The Hall–Kier alpha value is -5.48. The van der Waals surface area contributed by atoms with Gasteiger partial charge in [0.1, 0.15) is 23.9 Å². The molecule has 10 heteroatoms. The Morgan fingerprint density at radius 1 is 0.771 bits per heavy atom. The summed E-state index contributed by atoms with van der Waals surface area (Å²) in [7, 11) is 0. The van der Waals surface area contributed by atoms with Crippen molar-refractivity contribution in [1.29, 1.82) is 0 Å². The zero-order chi connectivity index (χ0) is 34.2. The minimum atomic E-state index is -1.07. The van der Waals surface area contributed by atoms with Gasteiger partial charge >= 0.3 is 0 Å². The van der Waals surface area contributed by atoms with E-state index in [9.17, 15) is 24.3 Å². The number of hydrogen-bond acceptors (Lipinski definition) is 6. The van der Waals surface area contributed by atoms with E-state index in [1.807, 2.05) is 91.9 Å². The van der Waals surface area contributed by atoms with Crippen LogP contribution in [0, 0.1) is 0 Å². The number of carbonyl (C=O) groups excluding carboxylic acids is 4. The highest BCUT2D eigenvalue weighted by Gasteiger charge is 2.39. The molecule has 4 amide bonds. The normalized spacial score (nSPS) is 16.5. The third kappa shape index (κ3) is 8.26. The molecule has 0 aromatic heterocycles. The SMILES string of the molecule is C[C@H](c1ccc(O)cc1)[C@H](N)C(=O)N1Cc2ccccc2CC1C(=O)NC(Cc1ccccc1)C(=O)NC(Cc1ccccc1)C(N)=O. The quantitative estimate of drug-likeness (QED) is 0.159. The lowest BCUT2D eigenvalue weighted by Crippen LogP contribution is -2.60. The van der Waals surface area contributed by atoms with Crippen molar-refractivity contribution in [2.24, 2.45) is 11.5 Å². The number of carbonyl (C=O) groups is 4. The van der Waals surface area contributed by atoms with Crippen LogP contribution in [0.2, 0.25) is 0 Å². The molecule has 4 aromatic carbocycles.